The number of carbonyl (C=O) groups excluding carboxylic acids is 1. The zero-order chi connectivity index (χ0) is 21.8. The molecule has 7 heteroatoms. The third-order valence-electron chi connectivity index (χ3n) is 5.13. The van der Waals surface area contributed by atoms with Crippen LogP contribution >= 0.6 is 11.8 Å². The van der Waals surface area contributed by atoms with Crippen molar-refractivity contribution in [2.24, 2.45) is 0 Å². The van der Waals surface area contributed by atoms with Crippen molar-refractivity contribution >= 4 is 28.6 Å². The number of ether oxygens (including phenoxy) is 1. The predicted molar refractivity (Wildman–Crippen MR) is 122 cm³/mol. The van der Waals surface area contributed by atoms with E-state index in [1.165, 1.54) is 17.3 Å². The smallest absolute Gasteiger partial charge is 0.340 e. The number of esters is 1. The first kappa shape index (κ1) is 21.1. The zero-order valence-corrected chi connectivity index (χ0v) is 18.6. The standard InChI is InChI=1S/C24H24N4O2S/c1-4-30-23(29)22-16(2)19-12-8-9-13-20(19)25-21(22)15-31-24-27-26-17(3)28(24)14-18-10-6-5-7-11-18/h5-13H,4,14-15H2,1-3H3. The van der Waals surface area contributed by atoms with E-state index < -0.39 is 0 Å². The van der Waals surface area contributed by atoms with Gasteiger partial charge in [-0.05, 0) is 38.0 Å². The summed E-state index contributed by atoms with van der Waals surface area (Å²) in [6, 6.07) is 18.1. The Balaban J connectivity index is 1.67. The summed E-state index contributed by atoms with van der Waals surface area (Å²) in [4.78, 5) is 17.5. The Bertz CT molecular complexity index is 1220. The maximum Gasteiger partial charge on any atom is 0.340 e. The molecule has 0 unspecified atom stereocenters. The number of carbonyl (C=O) groups is 1. The molecule has 0 aliphatic rings. The van der Waals surface area contributed by atoms with Gasteiger partial charge in [-0.25, -0.2) is 4.79 Å². The van der Waals surface area contributed by atoms with Crippen molar-refractivity contribution in [3.63, 3.8) is 0 Å². The highest BCUT2D eigenvalue weighted by Gasteiger charge is 2.21. The summed E-state index contributed by atoms with van der Waals surface area (Å²) in [6.07, 6.45) is 0. The van der Waals surface area contributed by atoms with Crippen LogP contribution in [-0.2, 0) is 17.0 Å². The molecule has 0 fully saturated rings. The van der Waals surface area contributed by atoms with Gasteiger partial charge < -0.3 is 9.30 Å². The van der Waals surface area contributed by atoms with Gasteiger partial charge in [-0.15, -0.1) is 10.2 Å². The molecule has 158 valence electrons. The summed E-state index contributed by atoms with van der Waals surface area (Å²) < 4.78 is 7.42. The molecule has 31 heavy (non-hydrogen) atoms. The second kappa shape index (κ2) is 9.31. The fraction of sp³-hybridized carbons (Fsp3) is 0.250. The average molecular weight is 433 g/mol. The van der Waals surface area contributed by atoms with E-state index in [0.29, 0.717) is 30.2 Å². The van der Waals surface area contributed by atoms with Crippen molar-refractivity contribution in [3.05, 3.63) is 82.8 Å². The fourth-order valence-electron chi connectivity index (χ4n) is 3.57. The van der Waals surface area contributed by atoms with Gasteiger partial charge in [0.05, 0.1) is 29.9 Å². The number of thioether (sulfide) groups is 1. The lowest BCUT2D eigenvalue weighted by Gasteiger charge is -2.14. The molecule has 0 atom stereocenters. The minimum atomic E-state index is -0.337. The molecule has 4 aromatic rings. The van der Waals surface area contributed by atoms with Crippen molar-refractivity contribution in [2.75, 3.05) is 6.61 Å². The topological polar surface area (TPSA) is 69.9 Å². The van der Waals surface area contributed by atoms with Crippen molar-refractivity contribution < 1.29 is 9.53 Å². The number of nitrogens with zero attached hydrogens (tertiary/aromatic N) is 4. The first-order valence-electron chi connectivity index (χ1n) is 10.2. The van der Waals surface area contributed by atoms with Gasteiger partial charge in [0.25, 0.3) is 0 Å². The molecule has 2 aromatic heterocycles. The molecule has 0 bridgehead atoms. The highest BCUT2D eigenvalue weighted by Crippen LogP contribution is 2.29. The van der Waals surface area contributed by atoms with Gasteiger partial charge in [0, 0.05) is 11.1 Å². The van der Waals surface area contributed by atoms with E-state index in [4.69, 9.17) is 9.72 Å². The van der Waals surface area contributed by atoms with E-state index in [2.05, 4.69) is 26.9 Å². The lowest BCUT2D eigenvalue weighted by atomic mass is 10.0. The molecule has 0 radical (unpaired) electrons. The Hall–Kier alpha value is -3.19. The first-order chi connectivity index (χ1) is 15.1. The minimum absolute atomic E-state index is 0.322. The van der Waals surface area contributed by atoms with Gasteiger partial charge in [0.2, 0.25) is 0 Å². The maximum absolute atomic E-state index is 12.7. The molecule has 2 aromatic carbocycles. The highest BCUT2D eigenvalue weighted by molar-refractivity contribution is 7.98. The number of aromatic nitrogens is 4. The molecule has 0 saturated carbocycles. The summed E-state index contributed by atoms with van der Waals surface area (Å²) in [5.74, 6) is 1.00. The van der Waals surface area contributed by atoms with Crippen LogP contribution in [0, 0.1) is 13.8 Å². The largest absolute Gasteiger partial charge is 0.462 e. The fourth-order valence-corrected chi connectivity index (χ4v) is 4.49. The second-order valence-corrected chi connectivity index (χ2v) is 8.13. The van der Waals surface area contributed by atoms with Crippen LogP contribution in [-0.4, -0.2) is 32.3 Å². The van der Waals surface area contributed by atoms with Gasteiger partial charge in [0.15, 0.2) is 5.16 Å². The third kappa shape index (κ3) is 4.46. The molecular formula is C24H24N4O2S. The monoisotopic (exact) mass is 432 g/mol. The van der Waals surface area contributed by atoms with Crippen LogP contribution in [0.3, 0.4) is 0 Å². The normalized spacial score (nSPS) is 11.1. The molecule has 2 heterocycles. The minimum Gasteiger partial charge on any atom is -0.462 e. The molecule has 0 spiro atoms. The molecular weight excluding hydrogens is 408 g/mol. The summed E-state index contributed by atoms with van der Waals surface area (Å²) in [5, 5.41) is 10.4. The van der Waals surface area contributed by atoms with E-state index in [-0.39, 0.29) is 5.97 Å². The van der Waals surface area contributed by atoms with Gasteiger partial charge in [-0.2, -0.15) is 0 Å². The number of aryl methyl sites for hydroxylation is 2. The second-order valence-electron chi connectivity index (χ2n) is 7.19. The van der Waals surface area contributed by atoms with E-state index in [1.807, 2.05) is 63.2 Å². The summed E-state index contributed by atoms with van der Waals surface area (Å²) in [6.45, 7) is 6.72. The number of para-hydroxylation sites is 1. The number of hydrogen-bond acceptors (Lipinski definition) is 6. The zero-order valence-electron chi connectivity index (χ0n) is 17.8. The summed E-state index contributed by atoms with van der Waals surface area (Å²) in [7, 11) is 0. The Morgan fingerprint density at radius 3 is 2.55 bits per heavy atom. The molecule has 0 N–H and O–H groups in total. The van der Waals surface area contributed by atoms with Crippen LogP contribution in [0.25, 0.3) is 10.9 Å². The van der Waals surface area contributed by atoms with E-state index in [9.17, 15) is 4.79 Å². The summed E-state index contributed by atoms with van der Waals surface area (Å²) >= 11 is 1.53. The molecule has 0 aliphatic carbocycles. The van der Waals surface area contributed by atoms with E-state index >= 15 is 0 Å². The van der Waals surface area contributed by atoms with Crippen molar-refractivity contribution in [2.45, 2.75) is 38.2 Å². The van der Waals surface area contributed by atoms with Crippen molar-refractivity contribution in [1.82, 2.24) is 19.7 Å². The van der Waals surface area contributed by atoms with Crippen LogP contribution in [0.4, 0.5) is 0 Å². The predicted octanol–water partition coefficient (Wildman–Crippen LogP) is 4.96. The van der Waals surface area contributed by atoms with Crippen LogP contribution < -0.4 is 0 Å². The molecule has 0 amide bonds. The van der Waals surface area contributed by atoms with Crippen LogP contribution in [0.2, 0.25) is 0 Å². The number of pyridine rings is 1. The van der Waals surface area contributed by atoms with Crippen LogP contribution in [0.15, 0.2) is 59.8 Å². The number of benzene rings is 2. The van der Waals surface area contributed by atoms with Gasteiger partial charge in [0.1, 0.15) is 5.82 Å². The lowest BCUT2D eigenvalue weighted by Crippen LogP contribution is -2.12. The SMILES string of the molecule is CCOC(=O)c1c(CSc2nnc(C)n2Cc2ccccc2)nc2ccccc2c1C. The molecule has 4 rings (SSSR count). The van der Waals surface area contributed by atoms with Crippen molar-refractivity contribution in [1.29, 1.82) is 0 Å². The highest BCUT2D eigenvalue weighted by atomic mass is 32.2. The van der Waals surface area contributed by atoms with Gasteiger partial charge in [-0.1, -0.05) is 60.3 Å². The third-order valence-corrected chi connectivity index (χ3v) is 6.11. The Morgan fingerprint density at radius 1 is 1.03 bits per heavy atom. The number of hydrogen-bond donors (Lipinski definition) is 0. The van der Waals surface area contributed by atoms with Gasteiger partial charge >= 0.3 is 5.97 Å². The average Bonchev–Trinajstić information content (AvgIpc) is 3.12. The Morgan fingerprint density at radius 2 is 1.77 bits per heavy atom. The maximum atomic E-state index is 12.7. The van der Waals surface area contributed by atoms with E-state index in [0.717, 1.165) is 27.4 Å². The van der Waals surface area contributed by atoms with Crippen molar-refractivity contribution in [3.8, 4) is 0 Å². The van der Waals surface area contributed by atoms with Crippen LogP contribution in [0.1, 0.15) is 39.9 Å². The molecule has 0 aliphatic heterocycles. The first-order valence-corrected chi connectivity index (χ1v) is 11.2. The quantitative estimate of drug-likeness (QED) is 0.304. The van der Waals surface area contributed by atoms with E-state index in [1.54, 1.807) is 0 Å². The summed E-state index contributed by atoms with van der Waals surface area (Å²) in [5.41, 5.74) is 4.18. The Labute approximate surface area is 185 Å². The van der Waals surface area contributed by atoms with Gasteiger partial charge in [-0.3, -0.25) is 4.98 Å². The number of rotatable bonds is 7. The number of fused-ring (bicyclic) bond motifs is 1. The lowest BCUT2D eigenvalue weighted by molar-refractivity contribution is 0.0524. The Kier molecular flexibility index (Phi) is 6.32. The van der Waals surface area contributed by atoms with Crippen LogP contribution in [0.5, 0.6) is 0 Å². The molecule has 6 nitrogen and oxygen atoms in total. The molecule has 0 saturated heterocycles.